The smallest absolute Gasteiger partial charge is 0.258 e. The lowest BCUT2D eigenvalue weighted by atomic mass is 10.0. The van der Waals surface area contributed by atoms with Crippen molar-refractivity contribution in [3.05, 3.63) is 95.8 Å². The number of halogens is 1. The van der Waals surface area contributed by atoms with Gasteiger partial charge in [-0.25, -0.2) is 9.37 Å². The van der Waals surface area contributed by atoms with Gasteiger partial charge in [0.2, 0.25) is 0 Å². The van der Waals surface area contributed by atoms with E-state index in [0.717, 1.165) is 10.9 Å². The summed E-state index contributed by atoms with van der Waals surface area (Å²) in [6.07, 6.45) is 0. The van der Waals surface area contributed by atoms with E-state index in [1.165, 1.54) is 17.0 Å². The number of rotatable bonds is 3. The van der Waals surface area contributed by atoms with Gasteiger partial charge in [-0.05, 0) is 54.6 Å². The van der Waals surface area contributed by atoms with Gasteiger partial charge in [-0.2, -0.15) is 5.26 Å². The molecule has 0 unspecified atom stereocenters. The average molecular weight is 381 g/mol. The molecule has 0 saturated carbocycles. The first-order chi connectivity index (χ1) is 14.1. The molecule has 0 N–H and O–H groups in total. The fourth-order valence-electron chi connectivity index (χ4n) is 3.20. The van der Waals surface area contributed by atoms with E-state index in [0.29, 0.717) is 28.0 Å². The molecule has 1 heterocycles. The number of carbonyl (C=O) groups is 1. The summed E-state index contributed by atoms with van der Waals surface area (Å²) in [4.78, 5) is 19.5. The highest BCUT2D eigenvalue weighted by Gasteiger charge is 2.19. The van der Waals surface area contributed by atoms with E-state index in [-0.39, 0.29) is 11.7 Å². The quantitative estimate of drug-likeness (QED) is 0.491. The lowest BCUT2D eigenvalue weighted by Gasteiger charge is -2.19. The van der Waals surface area contributed by atoms with Gasteiger partial charge in [0, 0.05) is 23.7 Å². The van der Waals surface area contributed by atoms with Crippen molar-refractivity contribution in [3.8, 4) is 17.3 Å². The van der Waals surface area contributed by atoms with Crippen LogP contribution in [0.15, 0.2) is 78.9 Å². The summed E-state index contributed by atoms with van der Waals surface area (Å²) in [6.45, 7) is 0. The molecule has 0 saturated heterocycles. The number of fused-ring (bicyclic) bond motifs is 1. The van der Waals surface area contributed by atoms with E-state index in [9.17, 15) is 9.18 Å². The Morgan fingerprint density at radius 3 is 2.52 bits per heavy atom. The molecule has 0 spiro atoms. The third-order valence-corrected chi connectivity index (χ3v) is 4.75. The molecule has 0 aliphatic carbocycles. The molecule has 0 aliphatic heterocycles. The molecule has 5 heteroatoms. The minimum absolute atomic E-state index is 0.220. The van der Waals surface area contributed by atoms with Crippen molar-refractivity contribution in [3.63, 3.8) is 0 Å². The van der Waals surface area contributed by atoms with Gasteiger partial charge in [0.1, 0.15) is 5.82 Å². The highest BCUT2D eigenvalue weighted by Crippen LogP contribution is 2.27. The molecule has 1 aromatic heterocycles. The summed E-state index contributed by atoms with van der Waals surface area (Å²) in [5, 5.41) is 9.86. The van der Waals surface area contributed by atoms with E-state index in [2.05, 4.69) is 11.1 Å². The van der Waals surface area contributed by atoms with Crippen molar-refractivity contribution in [1.29, 1.82) is 5.26 Å². The first kappa shape index (κ1) is 18.3. The number of carbonyl (C=O) groups excluding carboxylic acids is 1. The Balaban J connectivity index is 1.84. The Labute approximate surface area is 167 Å². The number of anilines is 1. The second-order valence-electron chi connectivity index (χ2n) is 6.61. The van der Waals surface area contributed by atoms with Gasteiger partial charge in [0.25, 0.3) is 5.91 Å². The van der Waals surface area contributed by atoms with E-state index in [1.54, 1.807) is 49.5 Å². The topological polar surface area (TPSA) is 57.0 Å². The second kappa shape index (κ2) is 7.53. The van der Waals surface area contributed by atoms with Gasteiger partial charge in [-0.1, -0.05) is 24.3 Å². The molecular formula is C24H16FN3O. The van der Waals surface area contributed by atoms with E-state index in [4.69, 9.17) is 5.26 Å². The minimum atomic E-state index is -0.331. The molecule has 0 bridgehead atoms. The maximum atomic E-state index is 13.4. The molecule has 4 rings (SSSR count). The zero-order chi connectivity index (χ0) is 20.4. The molecule has 4 nitrogen and oxygen atoms in total. The predicted molar refractivity (Wildman–Crippen MR) is 111 cm³/mol. The van der Waals surface area contributed by atoms with Crippen LogP contribution in [0.3, 0.4) is 0 Å². The molecule has 29 heavy (non-hydrogen) atoms. The standard InChI is InChI=1S/C24H16FN3O/c1-28(19-6-4-5-16(13-19)15-26)24(29)21-14-23(17-9-11-18(25)12-10-17)27-22-8-3-2-7-20(21)22/h2-14H,1H3. The Morgan fingerprint density at radius 1 is 1.00 bits per heavy atom. The Bertz CT molecular complexity index is 1260. The molecule has 0 radical (unpaired) electrons. The fourth-order valence-corrected chi connectivity index (χ4v) is 3.20. The van der Waals surface area contributed by atoms with Gasteiger partial charge in [0.05, 0.1) is 28.4 Å². The number of hydrogen-bond donors (Lipinski definition) is 0. The average Bonchev–Trinajstić information content (AvgIpc) is 2.78. The Hall–Kier alpha value is -4.04. The van der Waals surface area contributed by atoms with Gasteiger partial charge >= 0.3 is 0 Å². The van der Waals surface area contributed by atoms with Gasteiger partial charge in [-0.3, -0.25) is 4.79 Å². The highest BCUT2D eigenvalue weighted by atomic mass is 19.1. The molecule has 140 valence electrons. The van der Waals surface area contributed by atoms with Crippen LogP contribution in [0.2, 0.25) is 0 Å². The number of para-hydroxylation sites is 1. The molecule has 1 amide bonds. The summed E-state index contributed by atoms with van der Waals surface area (Å²) in [5.41, 5.74) is 3.58. The van der Waals surface area contributed by atoms with Crippen molar-refractivity contribution in [2.75, 3.05) is 11.9 Å². The lowest BCUT2D eigenvalue weighted by molar-refractivity contribution is 0.0994. The lowest BCUT2D eigenvalue weighted by Crippen LogP contribution is -2.26. The van der Waals surface area contributed by atoms with Crippen LogP contribution in [-0.4, -0.2) is 17.9 Å². The molecular weight excluding hydrogens is 365 g/mol. The number of hydrogen-bond acceptors (Lipinski definition) is 3. The van der Waals surface area contributed by atoms with Crippen LogP contribution in [-0.2, 0) is 0 Å². The minimum Gasteiger partial charge on any atom is -0.311 e. The molecule has 3 aromatic carbocycles. The van der Waals surface area contributed by atoms with E-state index < -0.39 is 0 Å². The van der Waals surface area contributed by atoms with Crippen molar-refractivity contribution >= 4 is 22.5 Å². The normalized spacial score (nSPS) is 10.5. The van der Waals surface area contributed by atoms with Crippen LogP contribution >= 0.6 is 0 Å². The van der Waals surface area contributed by atoms with Crippen LogP contribution in [0.1, 0.15) is 15.9 Å². The Morgan fingerprint density at radius 2 is 1.76 bits per heavy atom. The first-order valence-electron chi connectivity index (χ1n) is 9.01. The summed E-state index contributed by atoms with van der Waals surface area (Å²) in [6, 6.07) is 24.1. The van der Waals surface area contributed by atoms with Crippen LogP contribution in [0, 0.1) is 17.1 Å². The third kappa shape index (κ3) is 3.56. The maximum Gasteiger partial charge on any atom is 0.258 e. The Kier molecular flexibility index (Phi) is 4.76. The third-order valence-electron chi connectivity index (χ3n) is 4.75. The maximum absolute atomic E-state index is 13.4. The monoisotopic (exact) mass is 381 g/mol. The van der Waals surface area contributed by atoms with E-state index in [1.807, 2.05) is 24.3 Å². The number of nitrogens with zero attached hydrogens (tertiary/aromatic N) is 3. The van der Waals surface area contributed by atoms with Crippen LogP contribution < -0.4 is 4.90 Å². The van der Waals surface area contributed by atoms with Gasteiger partial charge in [-0.15, -0.1) is 0 Å². The van der Waals surface area contributed by atoms with Crippen molar-refractivity contribution in [1.82, 2.24) is 4.98 Å². The van der Waals surface area contributed by atoms with E-state index >= 15 is 0 Å². The number of amides is 1. The van der Waals surface area contributed by atoms with Crippen molar-refractivity contribution in [2.24, 2.45) is 0 Å². The fraction of sp³-hybridized carbons (Fsp3) is 0.0417. The number of aromatic nitrogens is 1. The summed E-state index contributed by atoms with van der Waals surface area (Å²) < 4.78 is 13.3. The van der Waals surface area contributed by atoms with Crippen LogP contribution in [0.5, 0.6) is 0 Å². The molecule has 0 aliphatic rings. The molecule has 0 fully saturated rings. The van der Waals surface area contributed by atoms with Crippen LogP contribution in [0.4, 0.5) is 10.1 Å². The molecule has 0 atom stereocenters. The van der Waals surface area contributed by atoms with Gasteiger partial charge < -0.3 is 4.90 Å². The van der Waals surface area contributed by atoms with Crippen molar-refractivity contribution in [2.45, 2.75) is 0 Å². The first-order valence-corrected chi connectivity index (χ1v) is 9.01. The second-order valence-corrected chi connectivity index (χ2v) is 6.61. The largest absolute Gasteiger partial charge is 0.311 e. The summed E-state index contributed by atoms with van der Waals surface area (Å²) in [5.74, 6) is -0.551. The SMILES string of the molecule is CN(C(=O)c1cc(-c2ccc(F)cc2)nc2ccccc12)c1cccc(C#N)c1. The zero-order valence-corrected chi connectivity index (χ0v) is 15.6. The predicted octanol–water partition coefficient (Wildman–Crippen LogP) is 5.19. The van der Waals surface area contributed by atoms with Crippen molar-refractivity contribution < 1.29 is 9.18 Å². The number of benzene rings is 3. The zero-order valence-electron chi connectivity index (χ0n) is 15.6. The summed E-state index contributed by atoms with van der Waals surface area (Å²) >= 11 is 0. The molecule has 4 aromatic rings. The van der Waals surface area contributed by atoms with Crippen LogP contribution in [0.25, 0.3) is 22.2 Å². The number of pyridine rings is 1. The summed E-state index contributed by atoms with van der Waals surface area (Å²) in [7, 11) is 1.67. The number of nitriles is 1. The highest BCUT2D eigenvalue weighted by molar-refractivity contribution is 6.14. The van der Waals surface area contributed by atoms with Gasteiger partial charge in [0.15, 0.2) is 0 Å².